The molecule has 1 atom stereocenters. The van der Waals surface area contributed by atoms with E-state index < -0.39 is 17.9 Å². The van der Waals surface area contributed by atoms with Gasteiger partial charge in [0.1, 0.15) is 30.3 Å². The highest BCUT2D eigenvalue weighted by atomic mass is 19.1. The Morgan fingerprint density at radius 3 is 2.58 bits per heavy atom. The molecular formula is C26H31FN2O4. The minimum Gasteiger partial charge on any atom is -0.489 e. The third-order valence-corrected chi connectivity index (χ3v) is 6.06. The summed E-state index contributed by atoms with van der Waals surface area (Å²) in [5.74, 6) is -0.980. The summed E-state index contributed by atoms with van der Waals surface area (Å²) in [7, 11) is 0. The first kappa shape index (κ1) is 24.7. The summed E-state index contributed by atoms with van der Waals surface area (Å²) in [6.45, 7) is 4.47. The SMILES string of the molecule is CC(C)(CC1Cc2ccccc2C1)NC[C@@H](O)COc1cc(CCC(=O)O)c(F)cc1C#N. The van der Waals surface area contributed by atoms with Crippen molar-refractivity contribution in [1.29, 1.82) is 5.26 Å². The minimum absolute atomic E-state index is 0.00728. The van der Waals surface area contributed by atoms with E-state index in [1.807, 2.05) is 6.07 Å². The molecule has 6 nitrogen and oxygen atoms in total. The number of aliphatic hydroxyl groups is 1. The maximum Gasteiger partial charge on any atom is 0.303 e. The number of halogens is 1. The summed E-state index contributed by atoms with van der Waals surface area (Å²) >= 11 is 0. The van der Waals surface area contributed by atoms with Crippen molar-refractivity contribution in [2.75, 3.05) is 13.2 Å². The van der Waals surface area contributed by atoms with E-state index in [9.17, 15) is 19.6 Å². The number of fused-ring (bicyclic) bond motifs is 1. The number of ether oxygens (including phenoxy) is 1. The zero-order valence-electron chi connectivity index (χ0n) is 19.1. The average molecular weight is 455 g/mol. The zero-order chi connectivity index (χ0) is 24.0. The number of rotatable bonds is 11. The molecule has 0 radical (unpaired) electrons. The van der Waals surface area contributed by atoms with Gasteiger partial charge in [-0.15, -0.1) is 0 Å². The molecule has 2 aromatic carbocycles. The maximum absolute atomic E-state index is 14.1. The van der Waals surface area contributed by atoms with Gasteiger partial charge in [-0.1, -0.05) is 24.3 Å². The first-order chi connectivity index (χ1) is 15.7. The normalized spacial score (nSPS) is 14.5. The van der Waals surface area contributed by atoms with Crippen LogP contribution in [0.5, 0.6) is 5.75 Å². The van der Waals surface area contributed by atoms with E-state index in [0.717, 1.165) is 25.3 Å². The quantitative estimate of drug-likeness (QED) is 0.479. The molecule has 0 fully saturated rings. The molecule has 33 heavy (non-hydrogen) atoms. The Labute approximate surface area is 194 Å². The number of hydrogen-bond donors (Lipinski definition) is 3. The van der Waals surface area contributed by atoms with Crippen LogP contribution in [0.4, 0.5) is 4.39 Å². The fourth-order valence-corrected chi connectivity index (χ4v) is 4.46. The monoisotopic (exact) mass is 454 g/mol. The van der Waals surface area contributed by atoms with Crippen LogP contribution in [0.2, 0.25) is 0 Å². The van der Waals surface area contributed by atoms with E-state index in [4.69, 9.17) is 9.84 Å². The van der Waals surface area contributed by atoms with E-state index in [1.165, 1.54) is 17.2 Å². The lowest BCUT2D eigenvalue weighted by Crippen LogP contribution is -2.46. The van der Waals surface area contributed by atoms with Gasteiger partial charge in [0.05, 0.1) is 5.56 Å². The molecule has 7 heteroatoms. The molecule has 0 aliphatic heterocycles. The van der Waals surface area contributed by atoms with E-state index in [0.29, 0.717) is 12.5 Å². The molecule has 0 bridgehead atoms. The van der Waals surface area contributed by atoms with Crippen molar-refractivity contribution in [3.63, 3.8) is 0 Å². The van der Waals surface area contributed by atoms with E-state index in [-0.39, 0.29) is 41.9 Å². The van der Waals surface area contributed by atoms with Crippen molar-refractivity contribution < 1.29 is 24.1 Å². The summed E-state index contributed by atoms with van der Waals surface area (Å²) in [4.78, 5) is 10.8. The number of nitrogens with zero attached hydrogens (tertiary/aromatic N) is 1. The molecule has 0 unspecified atom stereocenters. The summed E-state index contributed by atoms with van der Waals surface area (Å²) < 4.78 is 19.7. The van der Waals surface area contributed by atoms with Gasteiger partial charge in [-0.3, -0.25) is 4.79 Å². The molecular weight excluding hydrogens is 423 g/mol. The van der Waals surface area contributed by atoms with Gasteiger partial charge in [0.2, 0.25) is 0 Å². The Hall–Kier alpha value is -2.95. The second-order valence-electron chi connectivity index (χ2n) is 9.42. The summed E-state index contributed by atoms with van der Waals surface area (Å²) in [5.41, 5.74) is 2.83. The minimum atomic E-state index is -1.04. The number of carboxylic acid groups (broad SMARTS) is 1. The first-order valence-electron chi connectivity index (χ1n) is 11.2. The number of carbonyl (C=O) groups is 1. The van der Waals surface area contributed by atoms with Crippen LogP contribution in [-0.4, -0.2) is 41.0 Å². The van der Waals surface area contributed by atoms with Crippen LogP contribution in [0.25, 0.3) is 0 Å². The van der Waals surface area contributed by atoms with Gasteiger partial charge in [-0.25, -0.2) is 4.39 Å². The zero-order valence-corrected chi connectivity index (χ0v) is 19.1. The molecule has 0 heterocycles. The lowest BCUT2D eigenvalue weighted by Gasteiger charge is -2.30. The number of benzene rings is 2. The molecule has 0 saturated heterocycles. The van der Waals surface area contributed by atoms with Gasteiger partial charge in [-0.05, 0) is 74.3 Å². The van der Waals surface area contributed by atoms with Crippen LogP contribution >= 0.6 is 0 Å². The number of aryl methyl sites for hydroxylation is 1. The number of nitrogens with one attached hydrogen (secondary N) is 1. The first-order valence-corrected chi connectivity index (χ1v) is 11.2. The lowest BCUT2D eigenvalue weighted by molar-refractivity contribution is -0.136. The second-order valence-corrected chi connectivity index (χ2v) is 9.42. The van der Waals surface area contributed by atoms with Crippen LogP contribution in [0.3, 0.4) is 0 Å². The van der Waals surface area contributed by atoms with Crippen molar-refractivity contribution in [2.45, 2.75) is 57.6 Å². The molecule has 0 aromatic heterocycles. The number of aliphatic carboxylic acids is 1. The van der Waals surface area contributed by atoms with Gasteiger partial charge >= 0.3 is 5.97 Å². The fourth-order valence-electron chi connectivity index (χ4n) is 4.46. The molecule has 3 rings (SSSR count). The van der Waals surface area contributed by atoms with Gasteiger partial charge in [-0.2, -0.15) is 5.26 Å². The number of aliphatic hydroxyl groups excluding tert-OH is 1. The van der Waals surface area contributed by atoms with Gasteiger partial charge < -0.3 is 20.3 Å². The molecule has 0 spiro atoms. The second kappa shape index (κ2) is 10.8. The molecule has 1 aliphatic rings. The van der Waals surface area contributed by atoms with E-state index in [2.05, 4.69) is 43.4 Å². The Balaban J connectivity index is 1.50. The van der Waals surface area contributed by atoms with Crippen molar-refractivity contribution in [3.8, 4) is 11.8 Å². The molecule has 2 aromatic rings. The summed E-state index contributed by atoms with van der Waals surface area (Å²) in [6.07, 6.45) is 2.04. The van der Waals surface area contributed by atoms with Crippen molar-refractivity contribution in [1.82, 2.24) is 5.32 Å². The lowest BCUT2D eigenvalue weighted by atomic mass is 9.88. The van der Waals surface area contributed by atoms with Crippen LogP contribution < -0.4 is 10.1 Å². The fraction of sp³-hybridized carbons (Fsp3) is 0.462. The number of hydrogen-bond acceptors (Lipinski definition) is 5. The standard InChI is InChI=1S/C26H31FN2O4/c1-26(2,13-17-9-18-5-3-4-6-19(18)10-17)29-15-22(30)16-33-24-12-20(7-8-25(31)32)23(27)11-21(24)14-28/h3-6,11-12,17,22,29-30H,7-10,13,15-16H2,1-2H3,(H,31,32)/t22-/m1/s1. The predicted octanol–water partition coefficient (Wildman–Crippen LogP) is 3.63. The Morgan fingerprint density at radius 2 is 1.97 bits per heavy atom. The van der Waals surface area contributed by atoms with Crippen LogP contribution in [0.1, 0.15) is 48.9 Å². The Kier molecular flexibility index (Phi) is 8.06. The Bertz CT molecular complexity index is 1010. The predicted molar refractivity (Wildman–Crippen MR) is 123 cm³/mol. The summed E-state index contributed by atoms with van der Waals surface area (Å²) in [5, 5.41) is 31.9. The number of nitriles is 1. The van der Waals surface area contributed by atoms with Gasteiger partial charge in [0.25, 0.3) is 0 Å². The topological polar surface area (TPSA) is 103 Å². The van der Waals surface area contributed by atoms with E-state index >= 15 is 0 Å². The smallest absolute Gasteiger partial charge is 0.303 e. The van der Waals surface area contributed by atoms with E-state index in [1.54, 1.807) is 0 Å². The third-order valence-electron chi connectivity index (χ3n) is 6.06. The molecule has 176 valence electrons. The van der Waals surface area contributed by atoms with Crippen molar-refractivity contribution in [2.24, 2.45) is 5.92 Å². The van der Waals surface area contributed by atoms with Crippen LogP contribution in [0.15, 0.2) is 36.4 Å². The largest absolute Gasteiger partial charge is 0.489 e. The summed E-state index contributed by atoms with van der Waals surface area (Å²) in [6, 6.07) is 12.8. The maximum atomic E-state index is 14.1. The van der Waals surface area contributed by atoms with Crippen molar-refractivity contribution in [3.05, 3.63) is 64.5 Å². The molecule has 1 aliphatic carbocycles. The third kappa shape index (κ3) is 7.01. The highest BCUT2D eigenvalue weighted by Crippen LogP contribution is 2.32. The molecule has 0 amide bonds. The van der Waals surface area contributed by atoms with Gasteiger partial charge in [0, 0.05) is 18.5 Å². The number of β-amino-alcohol motifs (C(OH)–C–C–N with tert-alkyl or cyclic N) is 1. The number of carboxylic acids is 1. The van der Waals surface area contributed by atoms with Gasteiger partial charge in [0.15, 0.2) is 0 Å². The van der Waals surface area contributed by atoms with Crippen LogP contribution in [0, 0.1) is 23.1 Å². The van der Waals surface area contributed by atoms with Crippen molar-refractivity contribution >= 4 is 5.97 Å². The Morgan fingerprint density at radius 1 is 1.30 bits per heavy atom. The average Bonchev–Trinajstić information content (AvgIpc) is 3.17. The molecule has 0 saturated carbocycles. The highest BCUT2D eigenvalue weighted by molar-refractivity contribution is 5.67. The molecule has 3 N–H and O–H groups in total. The highest BCUT2D eigenvalue weighted by Gasteiger charge is 2.28. The van der Waals surface area contributed by atoms with Crippen LogP contribution in [-0.2, 0) is 24.1 Å².